The fraction of sp³-hybridized carbons (Fsp3) is 0.826. The van der Waals surface area contributed by atoms with Gasteiger partial charge in [0.15, 0.2) is 0 Å². The van der Waals surface area contributed by atoms with E-state index in [-0.39, 0.29) is 0 Å². The summed E-state index contributed by atoms with van der Waals surface area (Å²) in [4.78, 5) is 2.72. The van der Waals surface area contributed by atoms with Crippen LogP contribution in [0.3, 0.4) is 0 Å². The van der Waals surface area contributed by atoms with Gasteiger partial charge in [-0.15, -0.1) is 0 Å². The molecule has 0 fully saturated rings. The van der Waals surface area contributed by atoms with Gasteiger partial charge in [-0.25, -0.2) is 0 Å². The highest BCUT2D eigenvalue weighted by Gasteiger charge is 2.23. The monoisotopic (exact) mass is 333 g/mol. The molecule has 0 aromatic heterocycles. The maximum Gasteiger partial charge on any atom is 0.0237 e. The van der Waals surface area contributed by atoms with E-state index in [0.717, 1.165) is 6.54 Å². The highest BCUT2D eigenvalue weighted by atomic mass is 15.1. The zero-order chi connectivity index (χ0) is 17.9. The third-order valence-electron chi connectivity index (χ3n) is 5.53. The van der Waals surface area contributed by atoms with Gasteiger partial charge < -0.3 is 4.90 Å². The lowest BCUT2D eigenvalue weighted by atomic mass is 9.83. The number of nitrogens with zero attached hydrogens (tertiary/aromatic N) is 1. The summed E-state index contributed by atoms with van der Waals surface area (Å²) in [6, 6.07) is 0. The quantitative estimate of drug-likeness (QED) is 0.374. The Bertz CT molecular complexity index is 416. The summed E-state index contributed by atoms with van der Waals surface area (Å²) in [5, 5.41) is 0. The first-order chi connectivity index (χ1) is 11.6. The van der Waals surface area contributed by atoms with Gasteiger partial charge in [0, 0.05) is 18.8 Å². The van der Waals surface area contributed by atoms with Crippen LogP contribution in [-0.4, -0.2) is 18.0 Å². The van der Waals surface area contributed by atoms with Crippen LogP contribution in [-0.2, 0) is 0 Å². The van der Waals surface area contributed by atoms with E-state index in [4.69, 9.17) is 0 Å². The predicted molar refractivity (Wildman–Crippen MR) is 109 cm³/mol. The lowest BCUT2D eigenvalue weighted by Gasteiger charge is -2.36. The normalized spacial score (nSPS) is 19.8. The summed E-state index contributed by atoms with van der Waals surface area (Å²) < 4.78 is 0. The van der Waals surface area contributed by atoms with Gasteiger partial charge in [0.1, 0.15) is 0 Å². The number of allylic oxidation sites excluding steroid dienone is 3. The van der Waals surface area contributed by atoms with Crippen molar-refractivity contribution >= 4 is 0 Å². The average molecular weight is 334 g/mol. The van der Waals surface area contributed by atoms with Gasteiger partial charge in [0.05, 0.1) is 0 Å². The van der Waals surface area contributed by atoms with Crippen LogP contribution in [0.25, 0.3) is 0 Å². The molecule has 0 N–H and O–H groups in total. The molecule has 1 unspecified atom stereocenters. The second-order valence-corrected chi connectivity index (χ2v) is 7.65. The highest BCUT2D eigenvalue weighted by Crippen LogP contribution is 2.36. The minimum absolute atomic E-state index is 0.716. The molecule has 140 valence electrons. The molecule has 1 rings (SSSR count). The van der Waals surface area contributed by atoms with E-state index in [1.54, 1.807) is 22.4 Å². The zero-order valence-electron chi connectivity index (χ0n) is 17.5. The van der Waals surface area contributed by atoms with Crippen molar-refractivity contribution in [3.8, 4) is 0 Å². The molecule has 1 aliphatic rings. The molecule has 1 atom stereocenters. The van der Waals surface area contributed by atoms with Crippen molar-refractivity contribution in [3.05, 3.63) is 22.4 Å². The topological polar surface area (TPSA) is 3.24 Å². The Morgan fingerprint density at radius 2 is 1.42 bits per heavy atom. The van der Waals surface area contributed by atoms with Gasteiger partial charge in [-0.2, -0.15) is 0 Å². The van der Waals surface area contributed by atoms with E-state index in [1.807, 2.05) is 0 Å². The average Bonchev–Trinajstić information content (AvgIpc) is 2.57. The molecule has 0 amide bonds. The number of hydrogen-bond acceptors (Lipinski definition) is 1. The summed E-state index contributed by atoms with van der Waals surface area (Å²) in [6.45, 7) is 16.6. The van der Waals surface area contributed by atoms with E-state index >= 15 is 0 Å². The Morgan fingerprint density at radius 3 is 1.96 bits per heavy atom. The molecule has 0 aromatic rings. The first-order valence-corrected chi connectivity index (χ1v) is 10.8. The number of hydrogen-bond donors (Lipinski definition) is 0. The molecule has 0 saturated carbocycles. The molecular weight excluding hydrogens is 290 g/mol. The zero-order valence-corrected chi connectivity index (χ0v) is 17.5. The van der Waals surface area contributed by atoms with Crippen molar-refractivity contribution in [1.82, 2.24) is 4.90 Å². The summed E-state index contributed by atoms with van der Waals surface area (Å²) in [7, 11) is 0. The van der Waals surface area contributed by atoms with E-state index in [9.17, 15) is 0 Å². The molecule has 1 heteroatoms. The Balaban J connectivity index is 3.30. The summed E-state index contributed by atoms with van der Waals surface area (Å²) in [5.41, 5.74) is 7.05. The minimum Gasteiger partial charge on any atom is -0.375 e. The molecule has 0 radical (unpaired) electrons. The Morgan fingerprint density at radius 1 is 0.792 bits per heavy atom. The SMILES string of the molecule is CCCCC1=C(CCC)CC(CCC)=C(CCC)N(CC)CC1C. The smallest absolute Gasteiger partial charge is 0.0237 e. The van der Waals surface area contributed by atoms with E-state index < -0.39 is 0 Å². The van der Waals surface area contributed by atoms with Crippen LogP contribution in [0.15, 0.2) is 22.4 Å². The van der Waals surface area contributed by atoms with Crippen LogP contribution in [0, 0.1) is 5.92 Å². The molecule has 1 aliphatic heterocycles. The van der Waals surface area contributed by atoms with Gasteiger partial charge in [-0.3, -0.25) is 0 Å². The number of unbranched alkanes of at least 4 members (excludes halogenated alkanes) is 1. The number of rotatable bonds is 10. The molecule has 0 spiro atoms. The van der Waals surface area contributed by atoms with E-state index in [0.29, 0.717) is 5.92 Å². The molecule has 0 saturated heterocycles. The molecule has 0 aliphatic carbocycles. The second-order valence-electron chi connectivity index (χ2n) is 7.65. The van der Waals surface area contributed by atoms with Crippen LogP contribution < -0.4 is 0 Å². The highest BCUT2D eigenvalue weighted by molar-refractivity contribution is 5.29. The van der Waals surface area contributed by atoms with Crippen molar-refractivity contribution in [2.75, 3.05) is 13.1 Å². The largest absolute Gasteiger partial charge is 0.375 e. The summed E-state index contributed by atoms with van der Waals surface area (Å²) in [5.74, 6) is 0.716. The molecular formula is C23H43N. The van der Waals surface area contributed by atoms with Crippen LogP contribution in [0.1, 0.15) is 106 Å². The Hall–Kier alpha value is -0.720. The fourth-order valence-electron chi connectivity index (χ4n) is 4.36. The Kier molecular flexibility index (Phi) is 10.5. The standard InChI is InChI=1S/C23H43N/c1-7-12-16-22-19(6)18-24(11-5)23(15-10-4)21(14-9-3)17-20(22)13-8-2/h19H,7-18H2,1-6H3. The third-order valence-corrected chi connectivity index (χ3v) is 5.53. The molecule has 0 bridgehead atoms. The van der Waals surface area contributed by atoms with Crippen molar-refractivity contribution in [2.45, 2.75) is 106 Å². The van der Waals surface area contributed by atoms with Crippen molar-refractivity contribution in [3.63, 3.8) is 0 Å². The minimum atomic E-state index is 0.716. The second kappa shape index (κ2) is 11.8. The van der Waals surface area contributed by atoms with Gasteiger partial charge >= 0.3 is 0 Å². The van der Waals surface area contributed by atoms with Gasteiger partial charge in [-0.05, 0) is 56.9 Å². The van der Waals surface area contributed by atoms with Gasteiger partial charge in [0.2, 0.25) is 0 Å². The lowest BCUT2D eigenvalue weighted by molar-refractivity contribution is 0.301. The molecule has 0 aromatic carbocycles. The Labute approximate surface area is 152 Å². The molecule has 1 nitrogen and oxygen atoms in total. The van der Waals surface area contributed by atoms with Crippen LogP contribution >= 0.6 is 0 Å². The van der Waals surface area contributed by atoms with Crippen LogP contribution in [0.5, 0.6) is 0 Å². The van der Waals surface area contributed by atoms with Gasteiger partial charge in [-0.1, -0.05) is 71.4 Å². The maximum atomic E-state index is 2.72. The van der Waals surface area contributed by atoms with E-state index in [2.05, 4.69) is 46.4 Å². The maximum absolute atomic E-state index is 2.72. The van der Waals surface area contributed by atoms with Crippen LogP contribution in [0.4, 0.5) is 0 Å². The summed E-state index contributed by atoms with van der Waals surface area (Å²) >= 11 is 0. The lowest BCUT2D eigenvalue weighted by Crippen LogP contribution is -2.31. The fourth-order valence-corrected chi connectivity index (χ4v) is 4.36. The summed E-state index contributed by atoms with van der Waals surface area (Å²) in [6.07, 6.45) is 12.9. The van der Waals surface area contributed by atoms with Crippen molar-refractivity contribution in [2.24, 2.45) is 5.92 Å². The van der Waals surface area contributed by atoms with E-state index in [1.165, 1.54) is 70.8 Å². The third kappa shape index (κ3) is 5.97. The van der Waals surface area contributed by atoms with Crippen molar-refractivity contribution in [1.29, 1.82) is 0 Å². The van der Waals surface area contributed by atoms with Gasteiger partial charge in [0.25, 0.3) is 0 Å². The first-order valence-electron chi connectivity index (χ1n) is 10.8. The van der Waals surface area contributed by atoms with Crippen molar-refractivity contribution < 1.29 is 0 Å². The first kappa shape index (κ1) is 21.3. The molecule has 24 heavy (non-hydrogen) atoms. The predicted octanol–water partition coefficient (Wildman–Crippen LogP) is 7.49. The van der Waals surface area contributed by atoms with Crippen LogP contribution in [0.2, 0.25) is 0 Å². The molecule has 1 heterocycles.